The fourth-order valence-corrected chi connectivity index (χ4v) is 12.8. The van der Waals surface area contributed by atoms with E-state index in [9.17, 15) is 19.2 Å². The van der Waals surface area contributed by atoms with Crippen LogP contribution < -0.4 is 34.1 Å². The van der Waals surface area contributed by atoms with Crippen LogP contribution in [0.25, 0.3) is 0 Å². The zero-order chi connectivity index (χ0) is 56.8. The van der Waals surface area contributed by atoms with Crippen LogP contribution in [0.1, 0.15) is 126 Å². The molecule has 0 radical (unpaired) electrons. The van der Waals surface area contributed by atoms with E-state index in [0.29, 0.717) is 78.0 Å². The van der Waals surface area contributed by atoms with E-state index in [1.807, 2.05) is 48.5 Å². The quantitative estimate of drug-likeness (QED) is 0.0674. The van der Waals surface area contributed by atoms with Crippen LogP contribution in [0.3, 0.4) is 0 Å². The fraction of sp³-hybridized carbons (Fsp3) is 0.431. The molecule has 3 aromatic carbocycles. The number of benzene rings is 3. The Morgan fingerprint density at radius 1 is 0.542 bits per heavy atom. The molecule has 3 amide bonds. The number of anilines is 3. The van der Waals surface area contributed by atoms with Crippen LogP contribution in [0, 0.1) is 17.1 Å². The number of aromatic nitrogens is 3. The van der Waals surface area contributed by atoms with Gasteiger partial charge in [-0.2, -0.15) is 20.2 Å². The average molecular weight is 1120 g/mol. The lowest BCUT2D eigenvalue weighted by atomic mass is 9.90. The SMILES string of the molecule is COc1ccc2c(c1)CCN(CCCCOc1ccc3c(n1)N(C1CC(=O)N(C4CC(=O)Nc5nc(OCCCCN6CCc7cc(C#N)ccc7C6)ccc54)c4nc(OCCCCN5CCc6cc(F)ccc6C5)ccc41)C(=O)CC3)C2. The number of nitriles is 1. The van der Waals surface area contributed by atoms with E-state index < -0.39 is 12.1 Å². The highest BCUT2D eigenvalue weighted by molar-refractivity contribution is 6.03. The topological polar surface area (TPSA) is 179 Å². The Labute approximate surface area is 484 Å². The van der Waals surface area contributed by atoms with Gasteiger partial charge >= 0.3 is 0 Å². The normalized spacial score (nSPS) is 18.6. The maximum Gasteiger partial charge on any atom is 0.231 e. The van der Waals surface area contributed by atoms with Crippen molar-refractivity contribution >= 4 is 35.2 Å². The lowest BCUT2D eigenvalue weighted by Gasteiger charge is -2.43. The molecule has 0 aliphatic carbocycles. The minimum atomic E-state index is -0.764. The van der Waals surface area contributed by atoms with Gasteiger partial charge in [0.2, 0.25) is 35.4 Å². The van der Waals surface area contributed by atoms with Gasteiger partial charge in [0.25, 0.3) is 0 Å². The Kier molecular flexibility index (Phi) is 16.9. The molecule has 6 aliphatic rings. The van der Waals surface area contributed by atoms with Crippen molar-refractivity contribution in [2.24, 2.45) is 0 Å². The summed E-state index contributed by atoms with van der Waals surface area (Å²) in [6, 6.07) is 29.3. The molecule has 2 atom stereocenters. The molecule has 17 nitrogen and oxygen atoms in total. The number of nitrogens with zero attached hydrogens (tertiary/aromatic N) is 9. The summed E-state index contributed by atoms with van der Waals surface area (Å²) in [6.07, 6.45) is 8.51. The summed E-state index contributed by atoms with van der Waals surface area (Å²) in [6.45, 7) is 9.37. The average Bonchev–Trinajstić information content (AvgIpc) is 2.01. The first kappa shape index (κ1) is 55.5. The van der Waals surface area contributed by atoms with Crippen molar-refractivity contribution in [2.75, 3.05) is 81.3 Å². The Bertz CT molecular complexity index is 3440. The first-order chi connectivity index (χ1) is 40.6. The number of carbonyl (C=O) groups excluding carboxylic acids is 3. The summed E-state index contributed by atoms with van der Waals surface area (Å²) >= 11 is 0. The Morgan fingerprint density at radius 2 is 1.07 bits per heavy atom. The van der Waals surface area contributed by atoms with Gasteiger partial charge in [0.15, 0.2) is 0 Å². The monoisotopic (exact) mass is 1120 g/mol. The number of hydrogen-bond donors (Lipinski definition) is 1. The maximum atomic E-state index is 15.1. The van der Waals surface area contributed by atoms with Gasteiger partial charge in [-0.3, -0.25) is 38.9 Å². The smallest absolute Gasteiger partial charge is 0.231 e. The van der Waals surface area contributed by atoms with Gasteiger partial charge in [-0.15, -0.1) is 0 Å². The molecule has 0 bridgehead atoms. The van der Waals surface area contributed by atoms with Gasteiger partial charge in [0.05, 0.1) is 63.5 Å². The summed E-state index contributed by atoms with van der Waals surface area (Å²) < 4.78 is 38.1. The van der Waals surface area contributed by atoms with E-state index in [-0.39, 0.29) is 42.8 Å². The lowest BCUT2D eigenvalue weighted by Crippen LogP contribution is -2.48. The number of carbonyl (C=O) groups is 3. The highest BCUT2D eigenvalue weighted by Crippen LogP contribution is 2.47. The Morgan fingerprint density at radius 3 is 1.71 bits per heavy atom. The summed E-state index contributed by atoms with van der Waals surface area (Å²) in [5.41, 5.74) is 10.3. The van der Waals surface area contributed by atoms with Gasteiger partial charge in [-0.25, -0.2) is 4.39 Å². The van der Waals surface area contributed by atoms with Crippen LogP contribution in [-0.2, 0) is 59.7 Å². The van der Waals surface area contributed by atoms with Gasteiger partial charge < -0.3 is 24.3 Å². The number of hydrogen-bond acceptors (Lipinski definition) is 14. The number of aryl methyl sites for hydroxylation is 1. The van der Waals surface area contributed by atoms with E-state index in [0.717, 1.165) is 139 Å². The van der Waals surface area contributed by atoms with Crippen molar-refractivity contribution in [3.63, 3.8) is 0 Å². The molecule has 430 valence electrons. The molecule has 0 spiro atoms. The van der Waals surface area contributed by atoms with Crippen LogP contribution >= 0.6 is 0 Å². The van der Waals surface area contributed by atoms with Crippen LogP contribution in [0.15, 0.2) is 91.0 Å². The first-order valence-electron chi connectivity index (χ1n) is 29.6. The van der Waals surface area contributed by atoms with Crippen molar-refractivity contribution in [3.8, 4) is 29.5 Å². The molecule has 83 heavy (non-hydrogen) atoms. The van der Waals surface area contributed by atoms with Gasteiger partial charge in [0.1, 0.15) is 29.0 Å². The molecule has 18 heteroatoms. The minimum Gasteiger partial charge on any atom is -0.497 e. The van der Waals surface area contributed by atoms with Crippen molar-refractivity contribution in [1.82, 2.24) is 29.7 Å². The third kappa shape index (κ3) is 12.7. The molecular formula is C65H71FN10O7. The molecule has 6 aromatic rings. The summed E-state index contributed by atoms with van der Waals surface area (Å²) in [5, 5.41) is 12.3. The highest BCUT2D eigenvalue weighted by Gasteiger charge is 2.45. The molecular weight excluding hydrogens is 1050 g/mol. The maximum absolute atomic E-state index is 15.1. The van der Waals surface area contributed by atoms with E-state index in [1.54, 1.807) is 35.1 Å². The van der Waals surface area contributed by atoms with Crippen LogP contribution in [0.4, 0.5) is 21.8 Å². The number of ether oxygens (including phenoxy) is 4. The summed E-state index contributed by atoms with van der Waals surface area (Å²) in [5.74, 6) is 2.14. The molecule has 3 aromatic heterocycles. The van der Waals surface area contributed by atoms with E-state index in [4.69, 9.17) is 33.9 Å². The second-order valence-corrected chi connectivity index (χ2v) is 22.7. The number of pyridine rings is 3. The van der Waals surface area contributed by atoms with Gasteiger partial charge in [-0.1, -0.05) is 18.2 Å². The summed E-state index contributed by atoms with van der Waals surface area (Å²) in [4.78, 5) is 68.5. The van der Waals surface area contributed by atoms with Gasteiger partial charge in [-0.05, 0) is 177 Å². The minimum absolute atomic E-state index is 0.0385. The van der Waals surface area contributed by atoms with E-state index >= 15 is 4.79 Å². The predicted molar refractivity (Wildman–Crippen MR) is 311 cm³/mol. The number of amides is 3. The van der Waals surface area contributed by atoms with Crippen molar-refractivity contribution in [3.05, 3.63) is 152 Å². The molecule has 12 rings (SSSR count). The highest BCUT2D eigenvalue weighted by atomic mass is 19.1. The third-order valence-corrected chi connectivity index (χ3v) is 17.2. The predicted octanol–water partition coefficient (Wildman–Crippen LogP) is 9.38. The Hall–Kier alpha value is -7.98. The summed E-state index contributed by atoms with van der Waals surface area (Å²) in [7, 11) is 1.70. The van der Waals surface area contributed by atoms with Crippen LogP contribution in [0.5, 0.6) is 23.4 Å². The molecule has 9 heterocycles. The second kappa shape index (κ2) is 25.3. The molecule has 6 aliphatic heterocycles. The number of rotatable bonds is 21. The second-order valence-electron chi connectivity index (χ2n) is 22.7. The molecule has 0 fully saturated rings. The van der Waals surface area contributed by atoms with Crippen molar-refractivity contribution in [1.29, 1.82) is 5.26 Å². The van der Waals surface area contributed by atoms with Gasteiger partial charge in [0, 0.05) is 75.0 Å². The number of nitrogens with one attached hydrogen (secondary N) is 1. The third-order valence-electron chi connectivity index (χ3n) is 17.2. The number of unbranched alkanes of at least 4 members (excludes halogenated alkanes) is 3. The fourth-order valence-electron chi connectivity index (χ4n) is 12.8. The standard InChI is InChI=1S/C65H71FN10O7/c1-80-52-15-11-50-42-74(30-24-47(50)36-52)27-3-6-32-82-59-18-12-44-13-21-61(78)75(64(44)70-59)56-38-62(79)76(65-54(56)17-20-60(71-65)83-33-7-4-26-73-29-23-46-35-51(66)14-10-49(46)41-73)55-37-57(77)68-63-53(55)16-19-58(69-63)81-31-5-2-25-72-28-22-45-34-43(39-67)8-9-48(45)40-72/h8-12,14-20,34-36,55-56H,2-7,13,21-33,37-38,40-42H2,1H3,(H,68,69,77). The molecule has 2 unspecified atom stereocenters. The van der Waals surface area contributed by atoms with Crippen LogP contribution in [-0.4, -0.2) is 114 Å². The van der Waals surface area contributed by atoms with Crippen molar-refractivity contribution < 1.29 is 37.7 Å². The Balaban J connectivity index is 0.731. The zero-order valence-corrected chi connectivity index (χ0v) is 47.3. The van der Waals surface area contributed by atoms with Crippen LogP contribution in [0.2, 0.25) is 0 Å². The van der Waals surface area contributed by atoms with E-state index in [1.165, 1.54) is 28.3 Å². The first-order valence-corrected chi connectivity index (χ1v) is 29.6. The van der Waals surface area contributed by atoms with Crippen molar-refractivity contribution in [2.45, 2.75) is 115 Å². The number of methoxy groups -OCH3 is 1. The van der Waals surface area contributed by atoms with E-state index in [2.05, 4.69) is 44.3 Å². The lowest BCUT2D eigenvalue weighted by molar-refractivity contribution is -0.121. The zero-order valence-electron chi connectivity index (χ0n) is 47.3. The largest absolute Gasteiger partial charge is 0.497 e. The number of fused-ring (bicyclic) bond motifs is 6. The number of halogens is 1. The molecule has 0 saturated carbocycles. The molecule has 0 saturated heterocycles. The molecule has 1 N–H and O–H groups in total.